The van der Waals surface area contributed by atoms with Crippen LogP contribution in [-0.4, -0.2) is 74.1 Å². The molecule has 2 heterocycles. The van der Waals surface area contributed by atoms with Gasteiger partial charge in [-0.25, -0.2) is 5.01 Å². The second-order valence-electron chi connectivity index (χ2n) is 7.39. The molecule has 5 atom stereocenters. The minimum atomic E-state index is -2.35. The third-order valence-corrected chi connectivity index (χ3v) is 5.41. The topological polar surface area (TPSA) is 178 Å². The first-order valence-electron chi connectivity index (χ1n) is 9.64. The number of non-ortho nitro benzene ring substituents is 1. The van der Waals surface area contributed by atoms with Crippen LogP contribution in [0.4, 0.5) is 11.4 Å². The molecule has 12 heteroatoms. The highest BCUT2D eigenvalue weighted by atomic mass is 16.7. The molecule has 2 aliphatic heterocycles. The summed E-state index contributed by atoms with van der Waals surface area (Å²) >= 11 is 0. The van der Waals surface area contributed by atoms with Crippen LogP contribution in [0, 0.1) is 10.1 Å². The lowest BCUT2D eigenvalue weighted by Gasteiger charge is -2.45. The number of anilines is 1. The molecule has 1 saturated heterocycles. The predicted octanol–water partition coefficient (Wildman–Crippen LogP) is -0.630. The van der Waals surface area contributed by atoms with Crippen molar-refractivity contribution >= 4 is 17.3 Å². The summed E-state index contributed by atoms with van der Waals surface area (Å²) in [6, 6.07) is 11.8. The van der Waals surface area contributed by atoms with E-state index >= 15 is 0 Å². The number of aliphatic hydroxyl groups excluding tert-OH is 4. The van der Waals surface area contributed by atoms with Crippen molar-refractivity contribution in [2.45, 2.75) is 30.2 Å². The summed E-state index contributed by atoms with van der Waals surface area (Å²) in [5, 5.41) is 66.9. The normalized spacial score (nSPS) is 30.0. The molecule has 2 aliphatic rings. The number of aliphatic hydroxyl groups is 5. The number of nitrogens with zero attached hydrogens (tertiary/aromatic N) is 3. The van der Waals surface area contributed by atoms with Gasteiger partial charge in [0.1, 0.15) is 24.4 Å². The molecule has 2 aromatic rings. The van der Waals surface area contributed by atoms with Crippen molar-refractivity contribution in [3.63, 3.8) is 0 Å². The van der Waals surface area contributed by atoms with Crippen LogP contribution in [0.3, 0.4) is 0 Å². The quantitative estimate of drug-likeness (QED) is 0.293. The maximum absolute atomic E-state index is 10.8. The van der Waals surface area contributed by atoms with E-state index in [0.29, 0.717) is 11.3 Å². The molecule has 0 radical (unpaired) electrons. The lowest BCUT2D eigenvalue weighted by Crippen LogP contribution is -2.63. The fraction of sp³-hybridized carbons (Fsp3) is 0.350. The smallest absolute Gasteiger partial charge is 0.269 e. The van der Waals surface area contributed by atoms with Gasteiger partial charge in [0.05, 0.1) is 17.2 Å². The fourth-order valence-corrected chi connectivity index (χ4v) is 3.55. The van der Waals surface area contributed by atoms with Gasteiger partial charge < -0.3 is 35.0 Å². The molecule has 0 saturated carbocycles. The molecule has 170 valence electrons. The first kappa shape index (κ1) is 22.1. The van der Waals surface area contributed by atoms with Crippen LogP contribution < -0.4 is 5.01 Å². The van der Waals surface area contributed by atoms with Crippen LogP contribution in [0.1, 0.15) is 11.1 Å². The Morgan fingerprint density at radius 3 is 2.34 bits per heavy atom. The summed E-state index contributed by atoms with van der Waals surface area (Å²) < 4.78 is 10.9. The Balaban J connectivity index is 1.53. The third kappa shape index (κ3) is 3.79. The number of benzene rings is 2. The molecule has 0 aliphatic carbocycles. The number of ether oxygens (including phenoxy) is 2. The van der Waals surface area contributed by atoms with Gasteiger partial charge in [-0.1, -0.05) is 12.1 Å². The SMILES string of the molecule is O=[N+]([O-])c1ccc(N2COC(c3ccc([C@@]4(O)O[C@H](CO)[C@@H](O)[C@@H](O)[C@H]4O)cc3)=N2)cc1. The molecule has 4 rings (SSSR count). The van der Waals surface area contributed by atoms with Crippen molar-refractivity contribution in [1.29, 1.82) is 0 Å². The Labute approximate surface area is 181 Å². The van der Waals surface area contributed by atoms with Gasteiger partial charge in [0.2, 0.25) is 11.7 Å². The Morgan fingerprint density at radius 2 is 1.75 bits per heavy atom. The summed E-state index contributed by atoms with van der Waals surface area (Å²) in [6.07, 6.45) is -6.45. The van der Waals surface area contributed by atoms with Crippen LogP contribution >= 0.6 is 0 Å². The number of nitro benzene ring substituents is 1. The van der Waals surface area contributed by atoms with Crippen LogP contribution in [0.15, 0.2) is 53.6 Å². The van der Waals surface area contributed by atoms with E-state index in [2.05, 4.69) is 5.10 Å². The summed E-state index contributed by atoms with van der Waals surface area (Å²) in [6.45, 7) is -0.586. The molecule has 1 fully saturated rings. The van der Waals surface area contributed by atoms with Crippen molar-refractivity contribution in [3.05, 3.63) is 69.8 Å². The Hall–Kier alpha value is -3.13. The molecule has 0 spiro atoms. The van der Waals surface area contributed by atoms with E-state index in [9.17, 15) is 35.6 Å². The lowest BCUT2D eigenvalue weighted by molar-refractivity contribution is -0.384. The Bertz CT molecular complexity index is 1010. The van der Waals surface area contributed by atoms with Crippen molar-refractivity contribution in [1.82, 2.24) is 0 Å². The van der Waals surface area contributed by atoms with E-state index in [-0.39, 0.29) is 23.9 Å². The van der Waals surface area contributed by atoms with Gasteiger partial charge >= 0.3 is 0 Å². The monoisotopic (exact) mass is 447 g/mol. The zero-order valence-electron chi connectivity index (χ0n) is 16.6. The van der Waals surface area contributed by atoms with Gasteiger partial charge in [-0.3, -0.25) is 10.1 Å². The van der Waals surface area contributed by atoms with Crippen LogP contribution in [0.2, 0.25) is 0 Å². The van der Waals surface area contributed by atoms with Crippen molar-refractivity contribution in [2.24, 2.45) is 5.10 Å². The summed E-state index contributed by atoms with van der Waals surface area (Å²) in [7, 11) is 0. The first-order chi connectivity index (χ1) is 15.2. The second kappa shape index (κ2) is 8.43. The lowest BCUT2D eigenvalue weighted by atomic mass is 9.88. The minimum Gasteiger partial charge on any atom is -0.453 e. The molecule has 0 amide bonds. The zero-order valence-corrected chi connectivity index (χ0v) is 16.6. The maximum Gasteiger partial charge on any atom is 0.269 e. The predicted molar refractivity (Wildman–Crippen MR) is 108 cm³/mol. The molecule has 32 heavy (non-hydrogen) atoms. The average Bonchev–Trinajstić information content (AvgIpc) is 3.30. The average molecular weight is 447 g/mol. The number of rotatable bonds is 5. The van der Waals surface area contributed by atoms with Gasteiger partial charge in [0, 0.05) is 23.3 Å². The van der Waals surface area contributed by atoms with E-state index in [1.165, 1.54) is 29.3 Å². The largest absolute Gasteiger partial charge is 0.453 e. The standard InChI is InChI=1S/C20H21N3O9/c24-9-15-16(25)17(26)18(27)20(28,32-15)12-3-1-11(2-4-12)19-21-22(10-31-19)13-5-7-14(8-6-13)23(29)30/h1-8,15-18,24-28H,9-10H2/t15-,16-,17-,18-,20-/m1/s1. The third-order valence-electron chi connectivity index (χ3n) is 5.41. The number of nitro groups is 1. The van der Waals surface area contributed by atoms with E-state index in [4.69, 9.17) is 9.47 Å². The van der Waals surface area contributed by atoms with Gasteiger partial charge in [-0.05, 0) is 24.3 Å². The van der Waals surface area contributed by atoms with Gasteiger partial charge in [-0.2, -0.15) is 0 Å². The van der Waals surface area contributed by atoms with Crippen molar-refractivity contribution < 1.29 is 39.9 Å². The first-order valence-corrected chi connectivity index (χ1v) is 9.64. The molecule has 2 aromatic carbocycles. The number of hydrogen-bond donors (Lipinski definition) is 5. The highest BCUT2D eigenvalue weighted by Gasteiger charge is 2.53. The maximum atomic E-state index is 10.8. The number of hydrazone groups is 1. The molecular weight excluding hydrogens is 426 g/mol. The van der Waals surface area contributed by atoms with E-state index in [1.54, 1.807) is 24.3 Å². The molecule has 12 nitrogen and oxygen atoms in total. The fourth-order valence-electron chi connectivity index (χ4n) is 3.55. The van der Waals surface area contributed by atoms with Crippen molar-refractivity contribution in [3.8, 4) is 0 Å². The number of hydrogen-bond acceptors (Lipinski definition) is 11. The van der Waals surface area contributed by atoms with Gasteiger partial charge in [-0.15, -0.1) is 5.10 Å². The highest BCUT2D eigenvalue weighted by Crippen LogP contribution is 2.36. The highest BCUT2D eigenvalue weighted by molar-refractivity contribution is 5.95. The Kier molecular flexibility index (Phi) is 5.81. The summed E-state index contributed by atoms with van der Waals surface area (Å²) in [4.78, 5) is 10.3. The summed E-state index contributed by atoms with van der Waals surface area (Å²) in [5.41, 5.74) is 1.17. The minimum absolute atomic E-state index is 0.0419. The molecule has 5 N–H and O–H groups in total. The van der Waals surface area contributed by atoms with E-state index in [1.807, 2.05) is 0 Å². The van der Waals surface area contributed by atoms with Crippen LogP contribution in [-0.2, 0) is 15.3 Å². The summed E-state index contributed by atoms with van der Waals surface area (Å²) in [5.74, 6) is -2.09. The second-order valence-corrected chi connectivity index (χ2v) is 7.39. The molecular formula is C20H21N3O9. The van der Waals surface area contributed by atoms with Crippen LogP contribution in [0.25, 0.3) is 0 Å². The van der Waals surface area contributed by atoms with E-state index < -0.39 is 41.7 Å². The van der Waals surface area contributed by atoms with Gasteiger partial charge in [0.25, 0.3) is 5.69 Å². The molecule has 0 unspecified atom stereocenters. The zero-order chi connectivity index (χ0) is 23.0. The Morgan fingerprint density at radius 1 is 1.09 bits per heavy atom. The van der Waals surface area contributed by atoms with Crippen molar-refractivity contribution in [2.75, 3.05) is 18.3 Å². The van der Waals surface area contributed by atoms with Crippen LogP contribution in [0.5, 0.6) is 0 Å². The molecule has 0 bridgehead atoms. The van der Waals surface area contributed by atoms with Gasteiger partial charge in [0.15, 0.2) is 6.73 Å². The molecule has 0 aromatic heterocycles. The van der Waals surface area contributed by atoms with E-state index in [0.717, 1.165) is 0 Å².